The van der Waals surface area contributed by atoms with Crippen LogP contribution in [0.25, 0.3) is 28.1 Å². The summed E-state index contributed by atoms with van der Waals surface area (Å²) in [6.07, 6.45) is 1.68. The average molecular weight is 438 g/mol. The van der Waals surface area contributed by atoms with Gasteiger partial charge in [-0.3, -0.25) is 10.1 Å². The Morgan fingerprint density at radius 1 is 1.03 bits per heavy atom. The molecule has 0 unspecified atom stereocenters. The topological polar surface area (TPSA) is 85.3 Å². The molecule has 9 heteroatoms. The molecule has 148 valence electrons. The van der Waals surface area contributed by atoms with Crippen molar-refractivity contribution < 1.29 is 9.21 Å². The quantitative estimate of drug-likeness (QED) is 0.426. The van der Waals surface area contributed by atoms with Gasteiger partial charge in [-0.25, -0.2) is 9.97 Å². The van der Waals surface area contributed by atoms with Crippen LogP contribution >= 0.6 is 23.2 Å². The van der Waals surface area contributed by atoms with Gasteiger partial charge in [-0.05, 0) is 48.0 Å². The fraction of sp³-hybridized carbons (Fsp3) is 0.0476. The minimum Gasteiger partial charge on any atom is -0.461 e. The minimum absolute atomic E-state index is 0.141. The smallest absolute Gasteiger partial charge is 0.233 e. The molecule has 0 atom stereocenters. The number of amides is 1. The van der Waals surface area contributed by atoms with Crippen molar-refractivity contribution in [3.8, 4) is 11.6 Å². The number of hydrogen-bond acceptors (Lipinski definition) is 5. The number of carbonyl (C=O) groups is 1. The lowest BCUT2D eigenvalue weighted by Crippen LogP contribution is -2.18. The number of hydrogen-bond donors (Lipinski definition) is 1. The first-order valence-electron chi connectivity index (χ1n) is 9.01. The summed E-state index contributed by atoms with van der Waals surface area (Å²) in [7, 11) is 0. The van der Waals surface area contributed by atoms with Gasteiger partial charge < -0.3 is 4.42 Å². The lowest BCUT2D eigenvalue weighted by atomic mass is 10.1. The van der Waals surface area contributed by atoms with Gasteiger partial charge in [0.15, 0.2) is 11.4 Å². The van der Waals surface area contributed by atoms with E-state index in [0.29, 0.717) is 38.2 Å². The third kappa shape index (κ3) is 3.49. The second-order valence-electron chi connectivity index (χ2n) is 6.60. The van der Waals surface area contributed by atoms with Gasteiger partial charge in [0.2, 0.25) is 17.7 Å². The van der Waals surface area contributed by atoms with Gasteiger partial charge in [0.25, 0.3) is 0 Å². The molecule has 2 aromatic carbocycles. The van der Waals surface area contributed by atoms with Crippen molar-refractivity contribution in [2.24, 2.45) is 0 Å². The van der Waals surface area contributed by atoms with E-state index >= 15 is 0 Å². The molecule has 3 aromatic heterocycles. The SMILES string of the molecule is O=C(Cc1cccc(Cl)c1)Nc1nc2ccc(Cl)cc2c2nc(-c3ccco3)nn12. The average Bonchev–Trinajstić information content (AvgIpc) is 3.38. The molecule has 0 bridgehead atoms. The number of fused-ring (bicyclic) bond motifs is 3. The predicted molar refractivity (Wildman–Crippen MR) is 115 cm³/mol. The fourth-order valence-corrected chi connectivity index (χ4v) is 3.56. The molecule has 7 nitrogen and oxygen atoms in total. The lowest BCUT2D eigenvalue weighted by Gasteiger charge is -2.08. The maximum absolute atomic E-state index is 12.7. The van der Waals surface area contributed by atoms with Gasteiger partial charge in [0.05, 0.1) is 18.2 Å². The van der Waals surface area contributed by atoms with E-state index in [9.17, 15) is 4.79 Å². The number of halogens is 2. The van der Waals surface area contributed by atoms with Crippen LogP contribution in [-0.4, -0.2) is 25.5 Å². The van der Waals surface area contributed by atoms with Crippen LogP contribution in [0.4, 0.5) is 5.95 Å². The molecule has 0 fully saturated rings. The summed E-state index contributed by atoms with van der Waals surface area (Å²) < 4.78 is 6.89. The molecular weight excluding hydrogens is 425 g/mol. The Balaban J connectivity index is 1.59. The van der Waals surface area contributed by atoms with E-state index in [-0.39, 0.29) is 18.3 Å². The molecule has 0 saturated carbocycles. The summed E-state index contributed by atoms with van der Waals surface area (Å²) in [5.41, 5.74) is 1.92. The second kappa shape index (κ2) is 7.44. The first-order valence-corrected chi connectivity index (χ1v) is 9.76. The molecule has 5 aromatic rings. The zero-order chi connectivity index (χ0) is 20.7. The Morgan fingerprint density at radius 2 is 1.90 bits per heavy atom. The number of rotatable bonds is 4. The molecule has 1 amide bonds. The zero-order valence-corrected chi connectivity index (χ0v) is 16.9. The first kappa shape index (κ1) is 18.6. The monoisotopic (exact) mass is 437 g/mol. The van der Waals surface area contributed by atoms with Crippen LogP contribution in [0.15, 0.2) is 65.3 Å². The first-order chi connectivity index (χ1) is 14.6. The predicted octanol–water partition coefficient (Wildman–Crippen LogP) is 5.03. The Labute approximate surface area is 180 Å². The van der Waals surface area contributed by atoms with Crippen LogP contribution in [0.2, 0.25) is 10.0 Å². The largest absolute Gasteiger partial charge is 0.461 e. The summed E-state index contributed by atoms with van der Waals surface area (Å²) >= 11 is 12.2. The second-order valence-corrected chi connectivity index (χ2v) is 7.47. The van der Waals surface area contributed by atoms with E-state index in [4.69, 9.17) is 27.6 Å². The molecule has 0 spiro atoms. The van der Waals surface area contributed by atoms with Crippen LogP contribution in [0, 0.1) is 0 Å². The van der Waals surface area contributed by atoms with Crippen molar-refractivity contribution in [2.75, 3.05) is 5.32 Å². The summed E-state index contributed by atoms with van der Waals surface area (Å²) in [6.45, 7) is 0. The third-order valence-electron chi connectivity index (χ3n) is 4.48. The van der Waals surface area contributed by atoms with Gasteiger partial charge in [-0.1, -0.05) is 35.3 Å². The normalized spacial score (nSPS) is 11.3. The molecule has 0 aliphatic carbocycles. The van der Waals surface area contributed by atoms with E-state index in [1.165, 1.54) is 4.52 Å². The van der Waals surface area contributed by atoms with Gasteiger partial charge in [0, 0.05) is 15.4 Å². The Bertz CT molecular complexity index is 1400. The van der Waals surface area contributed by atoms with Crippen molar-refractivity contribution in [1.29, 1.82) is 0 Å². The maximum atomic E-state index is 12.7. The third-order valence-corrected chi connectivity index (χ3v) is 4.95. The number of nitrogens with zero attached hydrogens (tertiary/aromatic N) is 4. The van der Waals surface area contributed by atoms with Gasteiger partial charge in [-0.2, -0.15) is 4.52 Å². The summed E-state index contributed by atoms with van der Waals surface area (Å²) in [5.74, 6) is 0.872. The summed E-state index contributed by atoms with van der Waals surface area (Å²) in [5, 5.41) is 9.13. The van der Waals surface area contributed by atoms with E-state index in [0.717, 1.165) is 5.56 Å². The molecule has 30 heavy (non-hydrogen) atoms. The molecule has 5 rings (SSSR count). The van der Waals surface area contributed by atoms with Crippen molar-refractivity contribution in [3.05, 3.63) is 76.5 Å². The van der Waals surface area contributed by atoms with E-state index < -0.39 is 0 Å². The van der Waals surface area contributed by atoms with Crippen LogP contribution < -0.4 is 5.32 Å². The van der Waals surface area contributed by atoms with Crippen molar-refractivity contribution >= 4 is 51.6 Å². The number of aromatic nitrogens is 4. The van der Waals surface area contributed by atoms with Crippen LogP contribution in [0.3, 0.4) is 0 Å². The molecule has 3 heterocycles. The Hall–Kier alpha value is -3.42. The maximum Gasteiger partial charge on any atom is 0.233 e. The molecule has 1 N–H and O–H groups in total. The fourth-order valence-electron chi connectivity index (χ4n) is 3.17. The van der Waals surface area contributed by atoms with Crippen molar-refractivity contribution in [1.82, 2.24) is 19.6 Å². The summed E-state index contributed by atoms with van der Waals surface area (Å²) in [4.78, 5) is 21.8. The lowest BCUT2D eigenvalue weighted by molar-refractivity contribution is -0.115. The highest BCUT2D eigenvalue weighted by Gasteiger charge is 2.18. The number of carbonyl (C=O) groups excluding carboxylic acids is 1. The van der Waals surface area contributed by atoms with E-state index in [2.05, 4.69) is 20.4 Å². The number of benzene rings is 2. The number of nitrogens with one attached hydrogen (secondary N) is 1. The van der Waals surface area contributed by atoms with Gasteiger partial charge >= 0.3 is 0 Å². The standard InChI is InChI=1S/C21H13Cl2N5O2/c22-13-4-1-3-12(9-13)10-18(29)25-21-24-16-7-6-14(23)11-15(16)20-26-19(27-28(20)21)17-5-2-8-30-17/h1-9,11H,10H2,(H,24,25,29). The molecule has 0 aliphatic rings. The minimum atomic E-state index is -0.255. The highest BCUT2D eigenvalue weighted by atomic mass is 35.5. The zero-order valence-electron chi connectivity index (χ0n) is 15.3. The molecule has 0 radical (unpaired) electrons. The van der Waals surface area contributed by atoms with Gasteiger partial charge in [0.1, 0.15) is 0 Å². The summed E-state index contributed by atoms with van der Waals surface area (Å²) in [6, 6.07) is 15.9. The molecular formula is C21H13Cl2N5O2. The van der Waals surface area contributed by atoms with E-state index in [1.54, 1.807) is 54.8 Å². The number of furan rings is 1. The molecule has 0 aliphatic heterocycles. The van der Waals surface area contributed by atoms with Crippen LogP contribution in [0.1, 0.15) is 5.56 Å². The van der Waals surface area contributed by atoms with Crippen molar-refractivity contribution in [2.45, 2.75) is 6.42 Å². The van der Waals surface area contributed by atoms with Crippen LogP contribution in [-0.2, 0) is 11.2 Å². The highest BCUT2D eigenvalue weighted by molar-refractivity contribution is 6.31. The Morgan fingerprint density at radius 3 is 2.70 bits per heavy atom. The highest BCUT2D eigenvalue weighted by Crippen LogP contribution is 2.26. The van der Waals surface area contributed by atoms with Crippen LogP contribution in [0.5, 0.6) is 0 Å². The Kier molecular flexibility index (Phi) is 4.61. The van der Waals surface area contributed by atoms with Crippen molar-refractivity contribution in [3.63, 3.8) is 0 Å². The van der Waals surface area contributed by atoms with Gasteiger partial charge in [-0.15, -0.1) is 5.10 Å². The number of anilines is 1. The molecule has 0 saturated heterocycles. The van der Waals surface area contributed by atoms with E-state index in [1.807, 2.05) is 6.07 Å².